The Morgan fingerprint density at radius 2 is 1.49 bits per heavy atom. The molecule has 2 N–H and O–H groups in total. The Balaban J connectivity index is 2.46. The fourth-order valence-corrected chi connectivity index (χ4v) is 4.92. The molecule has 0 fully saturated rings. The first-order valence-electron chi connectivity index (χ1n) is 11.1. The van der Waals surface area contributed by atoms with E-state index in [1.54, 1.807) is 45.9 Å². The summed E-state index contributed by atoms with van der Waals surface area (Å²) in [5.74, 6) is -1.04. The minimum atomic E-state index is -4.77. The molecule has 35 heavy (non-hydrogen) atoms. The van der Waals surface area contributed by atoms with Crippen LogP contribution in [0.2, 0.25) is 0 Å². The molecule has 0 aliphatic carbocycles. The van der Waals surface area contributed by atoms with Crippen LogP contribution in [0.15, 0.2) is 53.4 Å². The lowest BCUT2D eigenvalue weighted by atomic mass is 9.95. The van der Waals surface area contributed by atoms with Gasteiger partial charge in [-0.15, -0.1) is 0 Å². The Morgan fingerprint density at radius 1 is 1.00 bits per heavy atom. The molecule has 2 aromatic rings. The van der Waals surface area contributed by atoms with E-state index in [2.05, 4.69) is 0 Å². The van der Waals surface area contributed by atoms with Gasteiger partial charge in [0, 0.05) is 0 Å². The van der Waals surface area contributed by atoms with Gasteiger partial charge in [0.2, 0.25) is 5.91 Å². The van der Waals surface area contributed by atoms with E-state index in [-0.39, 0.29) is 22.8 Å². The summed E-state index contributed by atoms with van der Waals surface area (Å²) in [6, 6.07) is 9.96. The van der Waals surface area contributed by atoms with Gasteiger partial charge in [-0.05, 0) is 55.0 Å². The molecule has 1 amide bonds. The second-order valence-electron chi connectivity index (χ2n) is 9.06. The SMILES string of the molecule is CC(C)C[C@@H](C(N)=O)N(CC#N)[C@@H](c1ccc(-c2ccc(S(=O)(=O)C(C)C)cc2)cc1)C(F)(F)F. The van der Waals surface area contributed by atoms with E-state index in [0.717, 1.165) is 4.90 Å². The van der Waals surface area contributed by atoms with Gasteiger partial charge in [-0.25, -0.2) is 8.42 Å². The van der Waals surface area contributed by atoms with Crippen molar-refractivity contribution in [2.24, 2.45) is 11.7 Å². The first-order valence-corrected chi connectivity index (χ1v) is 12.7. The van der Waals surface area contributed by atoms with E-state index in [1.165, 1.54) is 36.4 Å². The Hall–Kier alpha value is -2.90. The first kappa shape index (κ1) is 28.3. The van der Waals surface area contributed by atoms with Gasteiger partial charge in [-0.2, -0.15) is 18.4 Å². The Morgan fingerprint density at radius 3 is 1.86 bits per heavy atom. The molecule has 0 spiro atoms. The lowest BCUT2D eigenvalue weighted by Crippen LogP contribution is -2.51. The summed E-state index contributed by atoms with van der Waals surface area (Å²) in [6.07, 6.45) is -4.69. The standard InChI is InChI=1S/C25H30F3N3O3S/c1-16(2)15-22(24(30)32)31(14-13-29)23(25(26,27)28)20-7-5-18(6-8-20)19-9-11-21(12-10-19)35(33,34)17(3)4/h5-12,16-17,22-23H,14-15H2,1-4H3,(H2,30,32)/t22-,23-/m0/s1. The second kappa shape index (κ2) is 11.2. The summed E-state index contributed by atoms with van der Waals surface area (Å²) >= 11 is 0. The van der Waals surface area contributed by atoms with E-state index in [4.69, 9.17) is 5.73 Å². The average Bonchev–Trinajstić information content (AvgIpc) is 2.76. The quantitative estimate of drug-likeness (QED) is 0.461. The van der Waals surface area contributed by atoms with Gasteiger partial charge in [0.1, 0.15) is 6.04 Å². The van der Waals surface area contributed by atoms with Crippen LogP contribution in [0.25, 0.3) is 11.1 Å². The molecule has 0 heterocycles. The van der Waals surface area contributed by atoms with Crippen LogP contribution in [0, 0.1) is 17.2 Å². The van der Waals surface area contributed by atoms with E-state index in [9.17, 15) is 31.6 Å². The van der Waals surface area contributed by atoms with Crippen LogP contribution in [0.1, 0.15) is 45.7 Å². The number of rotatable bonds is 10. The van der Waals surface area contributed by atoms with Crippen LogP contribution in [-0.4, -0.2) is 43.2 Å². The van der Waals surface area contributed by atoms with Crippen molar-refractivity contribution < 1.29 is 26.4 Å². The fraction of sp³-hybridized carbons (Fsp3) is 0.440. The monoisotopic (exact) mass is 509 g/mol. The molecule has 2 aromatic carbocycles. The highest BCUT2D eigenvalue weighted by Gasteiger charge is 2.47. The summed E-state index contributed by atoms with van der Waals surface area (Å²) < 4.78 is 67.3. The third-order valence-electron chi connectivity index (χ3n) is 5.68. The number of halogens is 3. The zero-order valence-corrected chi connectivity index (χ0v) is 20.9. The Bertz CT molecular complexity index is 1150. The molecule has 0 unspecified atom stereocenters. The molecule has 10 heteroatoms. The van der Waals surface area contributed by atoms with Crippen LogP contribution in [-0.2, 0) is 14.6 Å². The lowest BCUT2D eigenvalue weighted by Gasteiger charge is -2.37. The zero-order chi connectivity index (χ0) is 26.6. The average molecular weight is 510 g/mol. The number of carbonyl (C=O) groups excluding carboxylic acids is 1. The number of carbonyl (C=O) groups is 1. The number of hydrogen-bond donors (Lipinski definition) is 1. The molecule has 0 radical (unpaired) electrons. The molecule has 0 aliphatic rings. The topological polar surface area (TPSA) is 104 Å². The molecule has 0 saturated heterocycles. The van der Waals surface area contributed by atoms with Crippen molar-refractivity contribution in [2.75, 3.05) is 6.54 Å². The van der Waals surface area contributed by atoms with Crippen LogP contribution in [0.3, 0.4) is 0 Å². The first-order chi connectivity index (χ1) is 16.2. The number of primary amides is 1. The predicted molar refractivity (Wildman–Crippen MR) is 128 cm³/mol. The highest BCUT2D eigenvalue weighted by Crippen LogP contribution is 2.40. The fourth-order valence-electron chi connectivity index (χ4n) is 3.86. The molecule has 0 bridgehead atoms. The normalized spacial score (nSPS) is 14.2. The van der Waals surface area contributed by atoms with Gasteiger partial charge in [0.15, 0.2) is 9.84 Å². The summed E-state index contributed by atoms with van der Waals surface area (Å²) in [6.45, 7) is 6.06. The summed E-state index contributed by atoms with van der Waals surface area (Å²) in [5.41, 5.74) is 6.52. The second-order valence-corrected chi connectivity index (χ2v) is 11.6. The van der Waals surface area contributed by atoms with Crippen molar-refractivity contribution in [1.29, 1.82) is 5.26 Å². The van der Waals surface area contributed by atoms with Crippen molar-refractivity contribution >= 4 is 15.7 Å². The van der Waals surface area contributed by atoms with E-state index in [0.29, 0.717) is 11.1 Å². The minimum Gasteiger partial charge on any atom is -0.368 e. The third-order valence-corrected chi connectivity index (χ3v) is 7.85. The lowest BCUT2D eigenvalue weighted by molar-refractivity contribution is -0.192. The summed E-state index contributed by atoms with van der Waals surface area (Å²) in [4.78, 5) is 13.0. The smallest absolute Gasteiger partial charge is 0.368 e. The number of nitrogens with zero attached hydrogens (tertiary/aromatic N) is 2. The van der Waals surface area contributed by atoms with Crippen molar-refractivity contribution in [1.82, 2.24) is 4.90 Å². The summed E-state index contributed by atoms with van der Waals surface area (Å²) in [7, 11) is -3.44. The molecule has 0 aromatic heterocycles. The molecular weight excluding hydrogens is 479 g/mol. The van der Waals surface area contributed by atoms with Crippen molar-refractivity contribution in [2.45, 2.75) is 62.5 Å². The van der Waals surface area contributed by atoms with Crippen molar-refractivity contribution in [3.05, 3.63) is 54.1 Å². The van der Waals surface area contributed by atoms with Gasteiger partial charge in [0.05, 0.1) is 28.8 Å². The van der Waals surface area contributed by atoms with Gasteiger partial charge in [-0.3, -0.25) is 9.69 Å². The zero-order valence-electron chi connectivity index (χ0n) is 20.1. The van der Waals surface area contributed by atoms with Crippen LogP contribution < -0.4 is 5.73 Å². The highest BCUT2D eigenvalue weighted by atomic mass is 32.2. The maximum absolute atomic E-state index is 14.2. The minimum absolute atomic E-state index is 0.0767. The molecule has 6 nitrogen and oxygen atoms in total. The van der Waals surface area contributed by atoms with Crippen LogP contribution in [0.5, 0.6) is 0 Å². The Kier molecular flexibility index (Phi) is 9.09. The summed E-state index contributed by atoms with van der Waals surface area (Å²) in [5, 5.41) is 8.64. The van der Waals surface area contributed by atoms with E-state index in [1.807, 2.05) is 0 Å². The third kappa shape index (κ3) is 6.83. The number of nitrogens with two attached hydrogens (primary N) is 1. The molecule has 0 saturated carbocycles. The Labute approximate surface area is 204 Å². The number of alkyl halides is 3. The number of sulfone groups is 1. The molecular formula is C25H30F3N3O3S. The maximum atomic E-state index is 14.2. The van der Waals surface area contributed by atoms with Crippen molar-refractivity contribution in [3.63, 3.8) is 0 Å². The van der Waals surface area contributed by atoms with Crippen molar-refractivity contribution in [3.8, 4) is 17.2 Å². The highest BCUT2D eigenvalue weighted by molar-refractivity contribution is 7.92. The number of benzene rings is 2. The molecule has 2 rings (SSSR count). The van der Waals surface area contributed by atoms with Crippen LogP contribution >= 0.6 is 0 Å². The predicted octanol–water partition coefficient (Wildman–Crippen LogP) is 4.86. The largest absolute Gasteiger partial charge is 0.408 e. The van der Waals surface area contributed by atoms with Gasteiger partial charge in [-0.1, -0.05) is 50.2 Å². The number of hydrogen-bond acceptors (Lipinski definition) is 5. The van der Waals surface area contributed by atoms with E-state index >= 15 is 0 Å². The van der Waals surface area contributed by atoms with Crippen LogP contribution in [0.4, 0.5) is 13.2 Å². The van der Waals surface area contributed by atoms with Gasteiger partial charge >= 0.3 is 6.18 Å². The van der Waals surface area contributed by atoms with E-state index < -0.39 is 45.8 Å². The van der Waals surface area contributed by atoms with Gasteiger partial charge in [0.25, 0.3) is 0 Å². The molecule has 190 valence electrons. The number of nitriles is 1. The molecule has 2 atom stereocenters. The molecule has 0 aliphatic heterocycles. The number of amides is 1. The van der Waals surface area contributed by atoms with Gasteiger partial charge < -0.3 is 5.73 Å². The maximum Gasteiger partial charge on any atom is 0.408 e.